The Kier molecular flexibility index (Phi) is 4.12. The molecule has 0 radical (unpaired) electrons. The lowest BCUT2D eigenvalue weighted by atomic mass is 10.1. The van der Waals surface area contributed by atoms with Gasteiger partial charge in [0.25, 0.3) is 5.91 Å². The number of rotatable bonds is 4. The molecule has 0 spiro atoms. The van der Waals surface area contributed by atoms with Crippen LogP contribution in [0.15, 0.2) is 72.1 Å². The summed E-state index contributed by atoms with van der Waals surface area (Å²) in [6, 6.07) is 21.8. The third-order valence-electron chi connectivity index (χ3n) is 3.22. The lowest BCUT2D eigenvalue weighted by Gasteiger charge is -2.06. The van der Waals surface area contributed by atoms with Crippen LogP contribution in [-0.4, -0.2) is 5.91 Å². The van der Waals surface area contributed by atoms with E-state index in [9.17, 15) is 4.79 Å². The molecule has 3 heteroatoms. The SMILES string of the molecule is O=C(Nc1ccccc1)c1sccc1Cc1ccccc1. The monoisotopic (exact) mass is 293 g/mol. The number of amides is 1. The Morgan fingerprint density at radius 2 is 1.57 bits per heavy atom. The number of hydrogen-bond acceptors (Lipinski definition) is 2. The summed E-state index contributed by atoms with van der Waals surface area (Å²) in [7, 11) is 0. The predicted molar refractivity (Wildman–Crippen MR) is 88.0 cm³/mol. The van der Waals surface area contributed by atoms with Crippen LogP contribution in [0, 0.1) is 0 Å². The van der Waals surface area contributed by atoms with Gasteiger partial charge in [0.2, 0.25) is 0 Å². The van der Waals surface area contributed by atoms with Gasteiger partial charge in [-0.1, -0.05) is 48.5 Å². The van der Waals surface area contributed by atoms with E-state index >= 15 is 0 Å². The van der Waals surface area contributed by atoms with Crippen molar-refractivity contribution in [1.29, 1.82) is 0 Å². The topological polar surface area (TPSA) is 29.1 Å². The van der Waals surface area contributed by atoms with Crippen LogP contribution < -0.4 is 5.32 Å². The van der Waals surface area contributed by atoms with Crippen molar-refractivity contribution in [2.24, 2.45) is 0 Å². The second kappa shape index (κ2) is 6.37. The largest absolute Gasteiger partial charge is 0.321 e. The van der Waals surface area contributed by atoms with Gasteiger partial charge in [0.15, 0.2) is 0 Å². The number of thiophene rings is 1. The van der Waals surface area contributed by atoms with Gasteiger partial charge in [-0.3, -0.25) is 4.79 Å². The summed E-state index contributed by atoms with van der Waals surface area (Å²) in [6.07, 6.45) is 0.780. The first-order valence-corrected chi connectivity index (χ1v) is 7.67. The molecule has 104 valence electrons. The highest BCUT2D eigenvalue weighted by atomic mass is 32.1. The summed E-state index contributed by atoms with van der Waals surface area (Å²) >= 11 is 1.48. The van der Waals surface area contributed by atoms with E-state index in [0.29, 0.717) is 0 Å². The second-order valence-electron chi connectivity index (χ2n) is 4.76. The second-order valence-corrected chi connectivity index (χ2v) is 5.67. The summed E-state index contributed by atoms with van der Waals surface area (Å²) in [4.78, 5) is 13.2. The molecule has 3 rings (SSSR count). The zero-order valence-electron chi connectivity index (χ0n) is 11.5. The molecule has 1 N–H and O–H groups in total. The zero-order valence-corrected chi connectivity index (χ0v) is 12.3. The Balaban J connectivity index is 1.77. The highest BCUT2D eigenvalue weighted by Gasteiger charge is 2.13. The van der Waals surface area contributed by atoms with Crippen molar-refractivity contribution in [3.63, 3.8) is 0 Å². The van der Waals surface area contributed by atoms with Crippen molar-refractivity contribution < 1.29 is 4.79 Å². The molecular weight excluding hydrogens is 278 g/mol. The van der Waals surface area contributed by atoms with Gasteiger partial charge in [-0.15, -0.1) is 11.3 Å². The standard InChI is InChI=1S/C18H15NOS/c20-18(19-16-9-5-2-6-10-16)17-15(11-12-21-17)13-14-7-3-1-4-8-14/h1-12H,13H2,(H,19,20). The van der Waals surface area contributed by atoms with Gasteiger partial charge < -0.3 is 5.32 Å². The first-order valence-electron chi connectivity index (χ1n) is 6.79. The van der Waals surface area contributed by atoms with Crippen LogP contribution in [-0.2, 0) is 6.42 Å². The van der Waals surface area contributed by atoms with E-state index in [4.69, 9.17) is 0 Å². The van der Waals surface area contributed by atoms with Gasteiger partial charge >= 0.3 is 0 Å². The minimum atomic E-state index is -0.0397. The molecule has 0 saturated heterocycles. The number of benzene rings is 2. The summed E-state index contributed by atoms with van der Waals surface area (Å²) in [5, 5.41) is 4.91. The van der Waals surface area contributed by atoms with E-state index in [2.05, 4.69) is 17.4 Å². The molecule has 1 aromatic heterocycles. The zero-order chi connectivity index (χ0) is 14.5. The van der Waals surface area contributed by atoms with Crippen LogP contribution in [0.3, 0.4) is 0 Å². The van der Waals surface area contributed by atoms with E-state index < -0.39 is 0 Å². The fourth-order valence-corrected chi connectivity index (χ4v) is 3.02. The molecule has 0 aliphatic heterocycles. The molecule has 1 amide bonds. The van der Waals surface area contributed by atoms with Crippen LogP contribution in [0.25, 0.3) is 0 Å². The van der Waals surface area contributed by atoms with Gasteiger partial charge in [-0.25, -0.2) is 0 Å². The number of nitrogens with one attached hydrogen (secondary N) is 1. The van der Waals surface area contributed by atoms with Crippen molar-refractivity contribution >= 4 is 22.9 Å². The lowest BCUT2D eigenvalue weighted by Crippen LogP contribution is -2.12. The van der Waals surface area contributed by atoms with E-state index in [1.165, 1.54) is 16.9 Å². The molecule has 0 unspecified atom stereocenters. The Bertz CT molecular complexity index is 719. The van der Waals surface area contributed by atoms with Crippen molar-refractivity contribution in [1.82, 2.24) is 0 Å². The van der Waals surface area contributed by atoms with E-state index in [1.807, 2.05) is 60.0 Å². The van der Waals surface area contributed by atoms with Crippen LogP contribution in [0.4, 0.5) is 5.69 Å². The maximum atomic E-state index is 12.4. The fourth-order valence-electron chi connectivity index (χ4n) is 2.20. The molecule has 0 aliphatic carbocycles. The number of carbonyl (C=O) groups excluding carboxylic acids is 1. The average Bonchev–Trinajstić information content (AvgIpc) is 2.97. The summed E-state index contributed by atoms with van der Waals surface area (Å²) in [5.74, 6) is -0.0397. The normalized spacial score (nSPS) is 10.3. The van der Waals surface area contributed by atoms with Crippen molar-refractivity contribution in [2.45, 2.75) is 6.42 Å². The van der Waals surface area contributed by atoms with Gasteiger partial charge in [0.05, 0.1) is 4.88 Å². The molecule has 0 saturated carbocycles. The molecule has 1 heterocycles. The number of anilines is 1. The van der Waals surface area contributed by atoms with Gasteiger partial charge in [0, 0.05) is 5.69 Å². The molecule has 21 heavy (non-hydrogen) atoms. The maximum absolute atomic E-state index is 12.4. The predicted octanol–water partition coefficient (Wildman–Crippen LogP) is 4.59. The van der Waals surface area contributed by atoms with Crippen molar-refractivity contribution in [2.75, 3.05) is 5.32 Å². The smallest absolute Gasteiger partial charge is 0.266 e. The summed E-state index contributed by atoms with van der Waals surface area (Å²) in [5.41, 5.74) is 3.10. The van der Waals surface area contributed by atoms with E-state index in [1.54, 1.807) is 0 Å². The highest BCUT2D eigenvalue weighted by Crippen LogP contribution is 2.21. The Hall–Kier alpha value is -2.39. The highest BCUT2D eigenvalue weighted by molar-refractivity contribution is 7.12. The fraction of sp³-hybridized carbons (Fsp3) is 0.0556. The van der Waals surface area contributed by atoms with Crippen LogP contribution in [0.5, 0.6) is 0 Å². The third kappa shape index (κ3) is 3.38. The molecule has 0 atom stereocenters. The van der Waals surface area contributed by atoms with Gasteiger partial charge in [-0.05, 0) is 41.1 Å². The molecule has 0 aliphatic rings. The van der Waals surface area contributed by atoms with Crippen LogP contribution in [0.1, 0.15) is 20.8 Å². The first-order chi connectivity index (χ1) is 10.3. The number of carbonyl (C=O) groups is 1. The summed E-state index contributed by atoms with van der Waals surface area (Å²) < 4.78 is 0. The van der Waals surface area contributed by atoms with Gasteiger partial charge in [0.1, 0.15) is 0 Å². The number of hydrogen-bond donors (Lipinski definition) is 1. The van der Waals surface area contributed by atoms with E-state index in [-0.39, 0.29) is 5.91 Å². The molecule has 2 nitrogen and oxygen atoms in total. The number of para-hydroxylation sites is 1. The third-order valence-corrected chi connectivity index (χ3v) is 4.18. The minimum Gasteiger partial charge on any atom is -0.321 e. The van der Waals surface area contributed by atoms with Crippen molar-refractivity contribution in [3.05, 3.63) is 88.1 Å². The Morgan fingerprint density at radius 1 is 0.905 bits per heavy atom. The summed E-state index contributed by atoms with van der Waals surface area (Å²) in [6.45, 7) is 0. The molecule has 0 fully saturated rings. The molecular formula is C18H15NOS. The van der Waals surface area contributed by atoms with Crippen LogP contribution >= 0.6 is 11.3 Å². The first kappa shape index (κ1) is 13.6. The van der Waals surface area contributed by atoms with Crippen LogP contribution in [0.2, 0.25) is 0 Å². The minimum absolute atomic E-state index is 0.0397. The molecule has 2 aromatic carbocycles. The Labute approximate surface area is 128 Å². The molecule has 0 bridgehead atoms. The van der Waals surface area contributed by atoms with E-state index in [0.717, 1.165) is 22.5 Å². The quantitative estimate of drug-likeness (QED) is 0.749. The lowest BCUT2D eigenvalue weighted by molar-refractivity contribution is 0.103. The van der Waals surface area contributed by atoms with Gasteiger partial charge in [-0.2, -0.15) is 0 Å². The average molecular weight is 293 g/mol. The molecule has 3 aromatic rings. The maximum Gasteiger partial charge on any atom is 0.266 e. The van der Waals surface area contributed by atoms with Crippen molar-refractivity contribution in [3.8, 4) is 0 Å². The Morgan fingerprint density at radius 3 is 2.29 bits per heavy atom.